The van der Waals surface area contributed by atoms with Gasteiger partial charge in [0.05, 0.1) is 13.7 Å². The fraction of sp³-hybridized carbons (Fsp3) is 0.0217. The summed E-state index contributed by atoms with van der Waals surface area (Å²) >= 11 is 0. The van der Waals surface area contributed by atoms with Gasteiger partial charge in [0.2, 0.25) is 0 Å². The van der Waals surface area contributed by atoms with E-state index in [-0.39, 0.29) is 35.0 Å². The number of nitrogens with zero attached hydrogens (tertiary/aromatic N) is 3. The van der Waals surface area contributed by atoms with Crippen LogP contribution in [0.4, 0.5) is 0 Å². The van der Waals surface area contributed by atoms with Crippen molar-refractivity contribution in [1.82, 2.24) is 15.0 Å². The number of hydrogen-bond acceptors (Lipinski definition) is 4. The third-order valence-electron chi connectivity index (χ3n) is 8.60. The highest BCUT2D eigenvalue weighted by molar-refractivity contribution is 6.08. The van der Waals surface area contributed by atoms with E-state index in [1.165, 1.54) is 0 Å². The molecule has 0 aliphatic heterocycles. The van der Waals surface area contributed by atoms with Gasteiger partial charge >= 0.3 is 0 Å². The zero-order valence-corrected chi connectivity index (χ0v) is 26.4. The average Bonchev–Trinajstić information content (AvgIpc) is 3.66. The Morgan fingerprint density at radius 1 is 0.440 bits per heavy atom. The summed E-state index contributed by atoms with van der Waals surface area (Å²) in [4.78, 5) is 13.6. The number of fused-ring (bicyclic) bond motifs is 3. The minimum absolute atomic E-state index is 0.0216. The molecule has 9 aromatic rings. The molecular weight excluding hydrogens is 611 g/mol. The van der Waals surface area contributed by atoms with Crippen LogP contribution in [0.3, 0.4) is 0 Å². The van der Waals surface area contributed by atoms with E-state index >= 15 is 0 Å². The molecule has 0 radical (unpaired) electrons. The van der Waals surface area contributed by atoms with Gasteiger partial charge in [-0.1, -0.05) is 157 Å². The van der Waals surface area contributed by atoms with Gasteiger partial charge in [-0.2, -0.15) is 0 Å². The highest BCUT2D eigenvalue weighted by Gasteiger charge is 2.16. The zero-order valence-electron chi connectivity index (χ0n) is 36.4. The first-order chi connectivity index (χ1) is 28.9. The molecule has 7 aromatic carbocycles. The van der Waals surface area contributed by atoms with E-state index in [4.69, 9.17) is 18.1 Å². The Labute approximate surface area is 304 Å². The maximum Gasteiger partial charge on any atom is 0.163 e. The van der Waals surface area contributed by atoms with Crippen LogP contribution in [0.2, 0.25) is 0 Å². The molecule has 0 atom stereocenters. The Kier molecular flexibility index (Phi) is 5.27. The molecule has 0 aliphatic rings. The smallest absolute Gasteiger partial charge is 0.163 e. The molecule has 0 aliphatic carbocycles. The first-order valence-electron chi connectivity index (χ1n) is 21.0. The number of rotatable bonds is 7. The topological polar surface area (TPSA) is 51.8 Å². The van der Waals surface area contributed by atoms with Crippen LogP contribution >= 0.6 is 0 Å². The second kappa shape index (κ2) is 12.8. The van der Waals surface area contributed by atoms with Crippen molar-refractivity contribution in [3.8, 4) is 56.2 Å². The minimum atomic E-state index is -0.602. The van der Waals surface area contributed by atoms with Crippen molar-refractivity contribution in [3.63, 3.8) is 0 Å². The number of aromatic nitrogens is 3. The molecule has 50 heavy (non-hydrogen) atoms. The lowest BCUT2D eigenvalue weighted by Gasteiger charge is -2.09. The van der Waals surface area contributed by atoms with E-state index in [1.807, 2.05) is 48.5 Å². The molecule has 0 amide bonds. The van der Waals surface area contributed by atoms with Gasteiger partial charge in [0.15, 0.2) is 11.6 Å². The fourth-order valence-electron chi connectivity index (χ4n) is 6.18. The maximum absolute atomic E-state index is 8.64. The quantitative estimate of drug-likeness (QED) is 0.172. The number of hydrogen-bond donors (Lipinski definition) is 0. The van der Waals surface area contributed by atoms with Gasteiger partial charge in [-0.05, 0) is 57.1 Å². The lowest BCUT2D eigenvalue weighted by molar-refractivity contribution is 0.668. The van der Waals surface area contributed by atoms with Crippen molar-refractivity contribution in [3.05, 3.63) is 187 Å². The SMILES string of the molecule is [2H]c1c([2H])c([2H])c(-c2nc(Cc3cccc4oc5ccc(-c6ccc(-c7ccc(-c8ccccc8)cc7)cc6)cc5c34)nc(-c3c([2H])c([2H])c([2H])c([2H])c3[2H])n2)c([2H])c1[2H]. The molecule has 0 N–H and O–H groups in total. The highest BCUT2D eigenvalue weighted by Crippen LogP contribution is 2.36. The third-order valence-corrected chi connectivity index (χ3v) is 8.60. The van der Waals surface area contributed by atoms with E-state index in [0.717, 1.165) is 49.7 Å². The van der Waals surface area contributed by atoms with Crippen LogP contribution in [0.15, 0.2) is 180 Å². The van der Waals surface area contributed by atoms with E-state index in [1.54, 1.807) is 0 Å². The summed E-state index contributed by atoms with van der Waals surface area (Å²) in [6.45, 7) is 0. The van der Waals surface area contributed by atoms with Gasteiger partial charge in [0.25, 0.3) is 0 Å². The summed E-state index contributed by atoms with van der Waals surface area (Å²) in [5.41, 5.74) is 7.79. The third kappa shape index (κ3) is 5.73. The molecule has 0 unspecified atom stereocenters. The van der Waals surface area contributed by atoms with Crippen LogP contribution in [0, 0.1) is 0 Å². The normalized spacial score (nSPS) is 14.1. The van der Waals surface area contributed by atoms with Crippen LogP contribution in [-0.2, 0) is 6.42 Å². The predicted octanol–water partition coefficient (Wildman–Crippen LogP) is 11.7. The fourth-order valence-corrected chi connectivity index (χ4v) is 6.18. The standard InChI is InChI=1S/C46H31N3O/c1-4-11-31(12-5-1)32-19-21-33(22-20-32)34-23-25-35(26-24-34)38-27-28-41-40(29-38)44-39(17-10-18-42(44)50-41)30-43-47-45(36-13-6-2-7-14-36)49-46(48-43)37-15-8-3-9-16-37/h1-29H,30H2/i2D,3D,6D,7D,8D,9D,13D,14D,15D,16D. The number of furan rings is 1. The summed E-state index contributed by atoms with van der Waals surface area (Å²) in [6, 6.07) is 32.7. The molecule has 0 saturated carbocycles. The van der Waals surface area contributed by atoms with Crippen LogP contribution in [0.5, 0.6) is 0 Å². The van der Waals surface area contributed by atoms with Crippen LogP contribution in [0.25, 0.3) is 78.1 Å². The lowest BCUT2D eigenvalue weighted by Crippen LogP contribution is -2.04. The summed E-state index contributed by atoms with van der Waals surface area (Å²) in [5.74, 6) is -0.541. The van der Waals surface area contributed by atoms with E-state index < -0.39 is 60.4 Å². The monoisotopic (exact) mass is 651 g/mol. The Balaban J connectivity index is 1.13. The first kappa shape index (κ1) is 20.7. The first-order valence-corrected chi connectivity index (χ1v) is 16.0. The molecule has 2 heterocycles. The largest absolute Gasteiger partial charge is 0.456 e. The second-order valence-electron chi connectivity index (χ2n) is 11.7. The Morgan fingerprint density at radius 2 is 0.960 bits per heavy atom. The molecule has 4 heteroatoms. The predicted molar refractivity (Wildman–Crippen MR) is 204 cm³/mol. The van der Waals surface area contributed by atoms with Gasteiger partial charge in [-0.3, -0.25) is 0 Å². The van der Waals surface area contributed by atoms with Crippen molar-refractivity contribution in [2.45, 2.75) is 6.42 Å². The van der Waals surface area contributed by atoms with Crippen molar-refractivity contribution < 1.29 is 18.1 Å². The average molecular weight is 652 g/mol. The van der Waals surface area contributed by atoms with Gasteiger partial charge in [-0.15, -0.1) is 0 Å². The maximum atomic E-state index is 8.64. The van der Waals surface area contributed by atoms with Gasteiger partial charge < -0.3 is 4.42 Å². The molecule has 0 spiro atoms. The molecule has 0 bridgehead atoms. The van der Waals surface area contributed by atoms with Crippen molar-refractivity contribution >= 4 is 21.9 Å². The highest BCUT2D eigenvalue weighted by atomic mass is 16.3. The van der Waals surface area contributed by atoms with E-state index in [0.29, 0.717) is 11.2 Å². The molecule has 9 rings (SSSR count). The molecule has 2 aromatic heterocycles. The summed E-state index contributed by atoms with van der Waals surface area (Å²) in [6.07, 6.45) is 0.0216. The Bertz CT molecular complexity index is 3030. The Morgan fingerprint density at radius 3 is 1.54 bits per heavy atom. The van der Waals surface area contributed by atoms with E-state index in [2.05, 4.69) is 81.7 Å². The van der Waals surface area contributed by atoms with E-state index in [9.17, 15) is 0 Å². The molecule has 0 fully saturated rings. The van der Waals surface area contributed by atoms with Crippen LogP contribution < -0.4 is 0 Å². The van der Waals surface area contributed by atoms with Crippen molar-refractivity contribution in [1.29, 1.82) is 0 Å². The number of benzene rings is 7. The zero-order chi connectivity index (χ0) is 42.0. The molecule has 0 saturated heterocycles. The van der Waals surface area contributed by atoms with Crippen LogP contribution in [-0.4, -0.2) is 15.0 Å². The van der Waals surface area contributed by atoms with Crippen LogP contribution in [0.1, 0.15) is 25.1 Å². The van der Waals surface area contributed by atoms with Crippen molar-refractivity contribution in [2.24, 2.45) is 0 Å². The second-order valence-corrected chi connectivity index (χ2v) is 11.7. The van der Waals surface area contributed by atoms with Gasteiger partial charge in [0, 0.05) is 28.3 Å². The van der Waals surface area contributed by atoms with Gasteiger partial charge in [0.1, 0.15) is 17.0 Å². The molecule has 4 nitrogen and oxygen atoms in total. The summed E-state index contributed by atoms with van der Waals surface area (Å²) in [7, 11) is 0. The minimum Gasteiger partial charge on any atom is -0.456 e. The summed E-state index contributed by atoms with van der Waals surface area (Å²) in [5, 5.41) is 1.60. The lowest BCUT2D eigenvalue weighted by atomic mass is 9.97. The van der Waals surface area contributed by atoms with Gasteiger partial charge in [-0.25, -0.2) is 15.0 Å². The Hall–Kier alpha value is -6.65. The van der Waals surface area contributed by atoms with Crippen molar-refractivity contribution in [2.75, 3.05) is 0 Å². The summed E-state index contributed by atoms with van der Waals surface area (Å²) < 4.78 is 90.1. The molecular formula is C46H31N3O. The molecule has 236 valence electrons.